The SMILES string of the molecule is O=C1CCC(Nc2ccc(Cl)cn2)CN1. The fourth-order valence-electron chi connectivity index (χ4n) is 1.53. The highest BCUT2D eigenvalue weighted by Crippen LogP contribution is 2.13. The molecule has 0 aromatic carbocycles. The van der Waals surface area contributed by atoms with Crippen molar-refractivity contribution in [3.8, 4) is 0 Å². The number of hydrogen-bond donors (Lipinski definition) is 2. The maximum atomic E-state index is 10.9. The Labute approximate surface area is 93.0 Å². The molecule has 2 rings (SSSR count). The van der Waals surface area contributed by atoms with Gasteiger partial charge in [0.05, 0.1) is 5.02 Å². The van der Waals surface area contributed by atoms with Gasteiger partial charge >= 0.3 is 0 Å². The molecule has 1 aromatic rings. The van der Waals surface area contributed by atoms with Crippen molar-refractivity contribution in [2.75, 3.05) is 11.9 Å². The minimum absolute atomic E-state index is 0.122. The average Bonchev–Trinajstić information content (AvgIpc) is 2.25. The predicted octanol–water partition coefficient (Wildman–Crippen LogP) is 1.43. The number of aromatic nitrogens is 1. The van der Waals surface area contributed by atoms with Crippen LogP contribution < -0.4 is 10.6 Å². The topological polar surface area (TPSA) is 54.0 Å². The van der Waals surface area contributed by atoms with Gasteiger partial charge in [0.1, 0.15) is 5.82 Å². The number of rotatable bonds is 2. The van der Waals surface area contributed by atoms with Crippen molar-refractivity contribution in [2.45, 2.75) is 18.9 Å². The molecular formula is C10H12ClN3O. The van der Waals surface area contributed by atoms with Gasteiger partial charge in [0.15, 0.2) is 0 Å². The van der Waals surface area contributed by atoms with Crippen molar-refractivity contribution in [1.82, 2.24) is 10.3 Å². The highest BCUT2D eigenvalue weighted by Gasteiger charge is 2.17. The quantitative estimate of drug-likeness (QED) is 0.801. The van der Waals surface area contributed by atoms with Gasteiger partial charge in [0, 0.05) is 25.2 Å². The molecular weight excluding hydrogens is 214 g/mol. The molecule has 1 aliphatic heterocycles. The molecule has 80 valence electrons. The lowest BCUT2D eigenvalue weighted by Crippen LogP contribution is -2.42. The zero-order valence-corrected chi connectivity index (χ0v) is 8.92. The Morgan fingerprint density at radius 3 is 3.00 bits per heavy atom. The lowest BCUT2D eigenvalue weighted by atomic mass is 10.1. The lowest BCUT2D eigenvalue weighted by Gasteiger charge is -2.23. The van der Waals surface area contributed by atoms with E-state index in [0.717, 1.165) is 12.2 Å². The van der Waals surface area contributed by atoms with E-state index in [4.69, 9.17) is 11.6 Å². The van der Waals surface area contributed by atoms with Crippen LogP contribution in [0.15, 0.2) is 18.3 Å². The molecule has 0 bridgehead atoms. The number of amides is 1. The third-order valence-electron chi connectivity index (χ3n) is 2.34. The molecule has 1 aromatic heterocycles. The zero-order chi connectivity index (χ0) is 10.7. The van der Waals surface area contributed by atoms with E-state index in [0.29, 0.717) is 18.0 Å². The van der Waals surface area contributed by atoms with Crippen LogP contribution in [-0.4, -0.2) is 23.5 Å². The summed E-state index contributed by atoms with van der Waals surface area (Å²) in [5.74, 6) is 0.915. The molecule has 2 heterocycles. The number of hydrogen-bond acceptors (Lipinski definition) is 3. The molecule has 0 aliphatic carbocycles. The highest BCUT2D eigenvalue weighted by atomic mass is 35.5. The van der Waals surface area contributed by atoms with E-state index >= 15 is 0 Å². The van der Waals surface area contributed by atoms with Crippen LogP contribution in [0.5, 0.6) is 0 Å². The average molecular weight is 226 g/mol. The van der Waals surface area contributed by atoms with E-state index in [1.807, 2.05) is 6.07 Å². The van der Waals surface area contributed by atoms with Crippen molar-refractivity contribution in [3.05, 3.63) is 23.4 Å². The Balaban J connectivity index is 1.91. The van der Waals surface area contributed by atoms with Gasteiger partial charge in [0.25, 0.3) is 0 Å². The van der Waals surface area contributed by atoms with E-state index in [2.05, 4.69) is 15.6 Å². The maximum Gasteiger partial charge on any atom is 0.220 e. The molecule has 1 amide bonds. The third kappa shape index (κ3) is 2.83. The Morgan fingerprint density at radius 2 is 2.40 bits per heavy atom. The van der Waals surface area contributed by atoms with Crippen LogP contribution in [0, 0.1) is 0 Å². The lowest BCUT2D eigenvalue weighted by molar-refractivity contribution is -0.122. The molecule has 1 unspecified atom stereocenters. The fourth-order valence-corrected chi connectivity index (χ4v) is 1.64. The van der Waals surface area contributed by atoms with Gasteiger partial charge in [-0.05, 0) is 18.6 Å². The summed E-state index contributed by atoms with van der Waals surface area (Å²) >= 11 is 5.73. The second kappa shape index (κ2) is 4.49. The first kappa shape index (κ1) is 10.2. The van der Waals surface area contributed by atoms with Crippen LogP contribution in [-0.2, 0) is 4.79 Å². The molecule has 1 saturated heterocycles. The summed E-state index contributed by atoms with van der Waals surface area (Å²) in [6.45, 7) is 0.656. The molecule has 15 heavy (non-hydrogen) atoms. The smallest absolute Gasteiger partial charge is 0.220 e. The number of nitrogens with zero attached hydrogens (tertiary/aromatic N) is 1. The number of nitrogens with one attached hydrogen (secondary N) is 2. The summed E-state index contributed by atoms with van der Waals surface area (Å²) in [6.07, 6.45) is 3.02. The summed E-state index contributed by atoms with van der Waals surface area (Å²) in [5.41, 5.74) is 0. The standard InChI is InChI=1S/C10H12ClN3O/c11-7-1-3-9(12-5-7)14-8-2-4-10(15)13-6-8/h1,3,5,8H,2,4,6H2,(H,12,14)(H,13,15). The Kier molecular flexibility index (Phi) is 3.06. The molecule has 0 saturated carbocycles. The van der Waals surface area contributed by atoms with Crippen LogP contribution in [0.1, 0.15) is 12.8 Å². The van der Waals surface area contributed by atoms with Gasteiger partial charge in [0.2, 0.25) is 5.91 Å². The highest BCUT2D eigenvalue weighted by molar-refractivity contribution is 6.30. The molecule has 5 heteroatoms. The molecule has 1 fully saturated rings. The third-order valence-corrected chi connectivity index (χ3v) is 2.57. The summed E-state index contributed by atoms with van der Waals surface area (Å²) in [4.78, 5) is 15.1. The molecule has 4 nitrogen and oxygen atoms in total. The number of carbonyl (C=O) groups is 1. The van der Waals surface area contributed by atoms with Gasteiger partial charge in [-0.1, -0.05) is 11.6 Å². The van der Waals surface area contributed by atoms with Crippen LogP contribution >= 0.6 is 11.6 Å². The van der Waals surface area contributed by atoms with E-state index in [1.165, 1.54) is 0 Å². The zero-order valence-electron chi connectivity index (χ0n) is 8.16. The number of piperidine rings is 1. The summed E-state index contributed by atoms with van der Waals surface area (Å²) in [5, 5.41) is 6.68. The first-order valence-corrected chi connectivity index (χ1v) is 5.26. The minimum Gasteiger partial charge on any atom is -0.366 e. The Morgan fingerprint density at radius 1 is 1.53 bits per heavy atom. The normalized spacial score (nSPS) is 20.9. The molecule has 0 radical (unpaired) electrons. The number of anilines is 1. The van der Waals surface area contributed by atoms with Gasteiger partial charge < -0.3 is 10.6 Å². The second-order valence-corrected chi connectivity index (χ2v) is 3.98. The van der Waals surface area contributed by atoms with Crippen LogP contribution in [0.3, 0.4) is 0 Å². The van der Waals surface area contributed by atoms with E-state index in [1.54, 1.807) is 12.3 Å². The van der Waals surface area contributed by atoms with Crippen LogP contribution in [0.25, 0.3) is 0 Å². The van der Waals surface area contributed by atoms with Gasteiger partial charge in [-0.25, -0.2) is 4.98 Å². The van der Waals surface area contributed by atoms with Gasteiger partial charge in [-0.2, -0.15) is 0 Å². The second-order valence-electron chi connectivity index (χ2n) is 3.55. The first-order valence-electron chi connectivity index (χ1n) is 4.89. The van der Waals surface area contributed by atoms with Crippen LogP contribution in [0.4, 0.5) is 5.82 Å². The molecule has 1 aliphatic rings. The Hall–Kier alpha value is -1.29. The largest absolute Gasteiger partial charge is 0.366 e. The maximum absolute atomic E-state index is 10.9. The van der Waals surface area contributed by atoms with Crippen molar-refractivity contribution in [1.29, 1.82) is 0 Å². The Bertz CT molecular complexity index is 342. The van der Waals surface area contributed by atoms with Crippen molar-refractivity contribution in [3.63, 3.8) is 0 Å². The molecule has 1 atom stereocenters. The summed E-state index contributed by atoms with van der Waals surface area (Å²) < 4.78 is 0. The van der Waals surface area contributed by atoms with Crippen molar-refractivity contribution in [2.24, 2.45) is 0 Å². The number of pyridine rings is 1. The van der Waals surface area contributed by atoms with E-state index < -0.39 is 0 Å². The van der Waals surface area contributed by atoms with Crippen molar-refractivity contribution < 1.29 is 4.79 Å². The predicted molar refractivity (Wildman–Crippen MR) is 58.9 cm³/mol. The van der Waals surface area contributed by atoms with E-state index in [9.17, 15) is 4.79 Å². The van der Waals surface area contributed by atoms with Gasteiger partial charge in [-0.15, -0.1) is 0 Å². The summed E-state index contributed by atoms with van der Waals surface area (Å²) in [7, 11) is 0. The summed E-state index contributed by atoms with van der Waals surface area (Å²) in [6, 6.07) is 3.88. The van der Waals surface area contributed by atoms with Gasteiger partial charge in [-0.3, -0.25) is 4.79 Å². The molecule has 2 N–H and O–H groups in total. The number of halogens is 1. The van der Waals surface area contributed by atoms with E-state index in [-0.39, 0.29) is 11.9 Å². The van der Waals surface area contributed by atoms with Crippen molar-refractivity contribution >= 4 is 23.3 Å². The monoisotopic (exact) mass is 225 g/mol. The first-order chi connectivity index (χ1) is 7.24. The minimum atomic E-state index is 0.122. The van der Waals surface area contributed by atoms with Crippen LogP contribution in [0.2, 0.25) is 5.02 Å². The number of carbonyl (C=O) groups excluding carboxylic acids is 1. The fraction of sp³-hybridized carbons (Fsp3) is 0.400. The molecule has 0 spiro atoms.